The first kappa shape index (κ1) is 47.6. The highest BCUT2D eigenvalue weighted by atomic mass is 31.2. The highest BCUT2D eigenvalue weighted by molar-refractivity contribution is 7.49. The topological polar surface area (TPSA) is 153 Å². The smallest absolute Gasteiger partial charge is 0.341 e. The zero-order chi connectivity index (χ0) is 38.6. The standard InChI is InChI=1S/C36H71O14P3/c1-7-13-24-40-51(37,41-25-14-8-2)48-31-30-32(49-52(38,42-26-15-9-3)43-27-16-10-4)34(35-33(31)46-36(47-35)22-20-19-21-23-36)50-53(39,44-28-17-11-5)45-29-18-12-6/h31-35H,7-30H2,1-6H3/t31-,32+,33-,34-,35-/m0/s1. The Bertz CT molecular complexity index is 1100. The van der Waals surface area contributed by atoms with Gasteiger partial charge in [0.15, 0.2) is 5.79 Å². The zero-order valence-corrected chi connectivity index (χ0v) is 36.1. The van der Waals surface area contributed by atoms with Crippen molar-refractivity contribution in [2.24, 2.45) is 0 Å². The second kappa shape index (κ2) is 24.9. The molecule has 0 unspecified atom stereocenters. The van der Waals surface area contributed by atoms with Gasteiger partial charge in [-0.05, 0) is 51.4 Å². The first-order valence-corrected chi connectivity index (χ1v) is 25.0. The van der Waals surface area contributed by atoms with E-state index in [9.17, 15) is 13.7 Å². The molecule has 0 radical (unpaired) electrons. The van der Waals surface area contributed by atoms with Gasteiger partial charge in [-0.25, -0.2) is 13.7 Å². The van der Waals surface area contributed by atoms with Gasteiger partial charge in [0.05, 0.1) is 39.6 Å². The van der Waals surface area contributed by atoms with Crippen molar-refractivity contribution in [3.8, 4) is 0 Å². The average Bonchev–Trinajstić information content (AvgIpc) is 3.49. The van der Waals surface area contributed by atoms with E-state index in [2.05, 4.69) is 0 Å². The summed E-state index contributed by atoms with van der Waals surface area (Å²) in [5.74, 6) is -0.989. The highest BCUT2D eigenvalue weighted by Crippen LogP contribution is 2.61. The number of phosphoric acid groups is 3. The lowest BCUT2D eigenvalue weighted by atomic mass is 9.87. The van der Waals surface area contributed by atoms with E-state index in [0.717, 1.165) is 57.8 Å². The molecule has 0 aromatic carbocycles. The largest absolute Gasteiger partial charge is 0.475 e. The Morgan fingerprint density at radius 1 is 0.472 bits per heavy atom. The van der Waals surface area contributed by atoms with Gasteiger partial charge in [-0.2, -0.15) is 0 Å². The molecule has 17 heteroatoms. The number of ether oxygens (including phenoxy) is 2. The van der Waals surface area contributed by atoms with Crippen LogP contribution >= 0.6 is 23.5 Å². The average molecular weight is 821 g/mol. The Labute approximate surface area is 319 Å². The van der Waals surface area contributed by atoms with Crippen LogP contribution in [0.15, 0.2) is 0 Å². The minimum absolute atomic E-state index is 0.0777. The van der Waals surface area contributed by atoms with E-state index >= 15 is 0 Å². The summed E-state index contributed by atoms with van der Waals surface area (Å²) in [6.07, 6.45) is 7.44. The van der Waals surface area contributed by atoms with Crippen molar-refractivity contribution in [1.29, 1.82) is 0 Å². The minimum Gasteiger partial charge on any atom is -0.341 e. The Morgan fingerprint density at radius 2 is 0.811 bits per heavy atom. The minimum atomic E-state index is -4.24. The monoisotopic (exact) mass is 820 g/mol. The Balaban J connectivity index is 2.09. The third-order valence-corrected chi connectivity index (χ3v) is 14.0. The van der Waals surface area contributed by atoms with Gasteiger partial charge < -0.3 is 9.47 Å². The lowest BCUT2D eigenvalue weighted by Gasteiger charge is -2.42. The number of rotatable bonds is 30. The summed E-state index contributed by atoms with van der Waals surface area (Å²) in [6.45, 7) is 12.9. The number of hydrogen-bond acceptors (Lipinski definition) is 14. The van der Waals surface area contributed by atoms with Crippen molar-refractivity contribution >= 4 is 23.5 Å². The van der Waals surface area contributed by atoms with Gasteiger partial charge in [-0.1, -0.05) is 86.5 Å². The van der Waals surface area contributed by atoms with Crippen LogP contribution in [-0.4, -0.2) is 75.9 Å². The summed E-state index contributed by atoms with van der Waals surface area (Å²) in [5.41, 5.74) is 0. The summed E-state index contributed by atoms with van der Waals surface area (Å²) in [6, 6.07) is 0. The van der Waals surface area contributed by atoms with Crippen molar-refractivity contribution in [2.45, 2.75) is 193 Å². The lowest BCUT2D eigenvalue weighted by molar-refractivity contribution is -0.202. The van der Waals surface area contributed by atoms with Crippen LogP contribution in [0, 0.1) is 0 Å². The second-order valence-corrected chi connectivity index (χ2v) is 19.1. The molecular formula is C36H71O14P3. The lowest BCUT2D eigenvalue weighted by Crippen LogP contribution is -2.56. The third-order valence-electron chi connectivity index (χ3n) is 9.43. The molecule has 14 nitrogen and oxygen atoms in total. The molecule has 0 aromatic heterocycles. The van der Waals surface area contributed by atoms with Crippen LogP contribution in [0.3, 0.4) is 0 Å². The molecule has 5 atom stereocenters. The predicted octanol–water partition coefficient (Wildman–Crippen LogP) is 11.2. The molecule has 3 fully saturated rings. The number of hydrogen-bond donors (Lipinski definition) is 0. The van der Waals surface area contributed by atoms with Gasteiger partial charge in [0.25, 0.3) is 0 Å². The number of phosphoric ester groups is 3. The van der Waals surface area contributed by atoms with Crippen LogP contribution in [0.5, 0.6) is 0 Å². The third kappa shape index (κ3) is 15.8. The van der Waals surface area contributed by atoms with Gasteiger partial charge in [-0.15, -0.1) is 0 Å². The number of unbranched alkanes of at least 4 members (excludes halogenated alkanes) is 6. The molecule has 53 heavy (non-hydrogen) atoms. The van der Waals surface area contributed by atoms with Crippen LogP contribution in [0.25, 0.3) is 0 Å². The van der Waals surface area contributed by atoms with E-state index in [-0.39, 0.29) is 46.1 Å². The first-order valence-electron chi connectivity index (χ1n) is 20.6. The second-order valence-electron chi connectivity index (χ2n) is 14.2. The molecule has 2 saturated carbocycles. The summed E-state index contributed by atoms with van der Waals surface area (Å²) in [5, 5.41) is 0. The fourth-order valence-corrected chi connectivity index (χ4v) is 10.6. The molecule has 1 aliphatic heterocycles. The highest BCUT2D eigenvalue weighted by Gasteiger charge is 2.62. The molecule has 1 saturated heterocycles. The Morgan fingerprint density at radius 3 is 1.19 bits per heavy atom. The maximum absolute atomic E-state index is 14.5. The first-order chi connectivity index (χ1) is 25.5. The summed E-state index contributed by atoms with van der Waals surface area (Å²) < 4.78 is 111. The van der Waals surface area contributed by atoms with Crippen molar-refractivity contribution in [1.82, 2.24) is 0 Å². The maximum atomic E-state index is 14.5. The van der Waals surface area contributed by atoms with Crippen LogP contribution in [0.1, 0.15) is 157 Å². The molecule has 0 amide bonds. The molecule has 2 aliphatic carbocycles. The SMILES string of the molecule is CCCCOP(=O)(OCCCC)O[C@@H]1[C@H]2OC3(CCCCC3)O[C@H]2[C@@H](OP(=O)(OCCCC)OCCCC)C[C@H]1OP(=O)(OCCCC)OCCCC. The molecule has 0 aromatic rings. The molecular weight excluding hydrogens is 749 g/mol. The van der Waals surface area contributed by atoms with E-state index in [1.54, 1.807) is 0 Å². The summed E-state index contributed by atoms with van der Waals surface area (Å²) in [7, 11) is -12.6. The van der Waals surface area contributed by atoms with Crippen LogP contribution < -0.4 is 0 Å². The molecule has 1 heterocycles. The fraction of sp³-hybridized carbons (Fsp3) is 1.00. The van der Waals surface area contributed by atoms with Crippen LogP contribution in [0.4, 0.5) is 0 Å². The van der Waals surface area contributed by atoms with Crippen molar-refractivity contribution in [2.75, 3.05) is 39.6 Å². The molecule has 314 valence electrons. The fourth-order valence-electron chi connectivity index (χ4n) is 6.27. The molecule has 3 aliphatic rings. The van der Waals surface area contributed by atoms with E-state index in [0.29, 0.717) is 51.4 Å². The van der Waals surface area contributed by atoms with Crippen LogP contribution in [0.2, 0.25) is 0 Å². The van der Waals surface area contributed by atoms with Gasteiger partial charge >= 0.3 is 23.5 Å². The van der Waals surface area contributed by atoms with Crippen LogP contribution in [-0.2, 0) is 63.9 Å². The van der Waals surface area contributed by atoms with Gasteiger partial charge in [0.2, 0.25) is 0 Å². The zero-order valence-electron chi connectivity index (χ0n) is 33.4. The molecule has 0 bridgehead atoms. The van der Waals surface area contributed by atoms with Gasteiger partial charge in [0.1, 0.15) is 30.5 Å². The van der Waals surface area contributed by atoms with Crippen molar-refractivity contribution < 1.29 is 63.9 Å². The van der Waals surface area contributed by atoms with Gasteiger partial charge in [0, 0.05) is 19.3 Å². The van der Waals surface area contributed by atoms with E-state index in [1.807, 2.05) is 41.5 Å². The van der Waals surface area contributed by atoms with Gasteiger partial charge in [-0.3, -0.25) is 40.7 Å². The molecule has 0 N–H and O–H groups in total. The Hall–Kier alpha value is 0.250. The quantitative estimate of drug-likeness (QED) is 0.0499. The molecule has 1 spiro atoms. The van der Waals surface area contributed by atoms with E-state index in [4.69, 9.17) is 50.2 Å². The normalized spacial score (nSPS) is 24.9. The van der Waals surface area contributed by atoms with E-state index < -0.39 is 59.8 Å². The summed E-state index contributed by atoms with van der Waals surface area (Å²) in [4.78, 5) is 0. The van der Waals surface area contributed by atoms with Crippen molar-refractivity contribution in [3.05, 3.63) is 0 Å². The maximum Gasteiger partial charge on any atom is 0.475 e. The summed E-state index contributed by atoms with van der Waals surface area (Å²) >= 11 is 0. The molecule has 3 rings (SSSR count). The predicted molar refractivity (Wildman–Crippen MR) is 203 cm³/mol. The van der Waals surface area contributed by atoms with Crippen molar-refractivity contribution in [3.63, 3.8) is 0 Å². The van der Waals surface area contributed by atoms with E-state index in [1.165, 1.54) is 0 Å². The number of fused-ring (bicyclic) bond motifs is 1. The Kier molecular flexibility index (Phi) is 22.4.